The highest BCUT2D eigenvalue weighted by Gasteiger charge is 2.25. The van der Waals surface area contributed by atoms with Crippen molar-refractivity contribution in [1.82, 2.24) is 20.2 Å². The standard InChI is InChI=1S/C25H31N5O2/c1-18-17-30(12-13-32-18)24-7-6-19(14-27-24)15-28-25(31)29-10-8-20(9-11-29)22-16-26-23-5-3-2-4-21(22)23/h2-7,14,16,18,20,26H,8-13,15,17H2,1H3,(H,28,31). The number of nitrogens with one attached hydrogen (secondary N) is 2. The van der Waals surface area contributed by atoms with Gasteiger partial charge in [0.1, 0.15) is 5.82 Å². The normalized spacial score (nSPS) is 20.0. The lowest BCUT2D eigenvalue weighted by Crippen LogP contribution is -2.43. The Morgan fingerprint density at radius 1 is 1.19 bits per heavy atom. The first-order valence-corrected chi connectivity index (χ1v) is 11.6. The number of piperidine rings is 1. The number of benzene rings is 1. The lowest BCUT2D eigenvalue weighted by molar-refractivity contribution is 0.0529. The van der Waals surface area contributed by atoms with Crippen molar-refractivity contribution in [3.05, 3.63) is 59.9 Å². The van der Waals surface area contributed by atoms with E-state index in [-0.39, 0.29) is 12.1 Å². The molecule has 2 N–H and O–H groups in total. The van der Waals surface area contributed by atoms with Gasteiger partial charge in [-0.1, -0.05) is 24.3 Å². The van der Waals surface area contributed by atoms with Gasteiger partial charge in [-0.15, -0.1) is 0 Å². The molecule has 2 aliphatic heterocycles. The molecule has 1 unspecified atom stereocenters. The molecule has 1 aromatic carbocycles. The Bertz CT molecular complexity index is 1060. The van der Waals surface area contributed by atoms with E-state index in [4.69, 9.17) is 4.74 Å². The van der Waals surface area contributed by atoms with Crippen molar-refractivity contribution >= 4 is 22.8 Å². The van der Waals surface area contributed by atoms with Crippen molar-refractivity contribution in [2.75, 3.05) is 37.7 Å². The minimum atomic E-state index is 0.00783. The number of anilines is 1. The lowest BCUT2D eigenvalue weighted by atomic mass is 9.89. The van der Waals surface area contributed by atoms with Gasteiger partial charge in [0.15, 0.2) is 0 Å². The van der Waals surface area contributed by atoms with E-state index in [2.05, 4.69) is 57.6 Å². The predicted molar refractivity (Wildman–Crippen MR) is 126 cm³/mol. The van der Waals surface area contributed by atoms with Crippen LogP contribution in [0.4, 0.5) is 10.6 Å². The highest BCUT2D eigenvalue weighted by atomic mass is 16.5. The molecule has 32 heavy (non-hydrogen) atoms. The van der Waals surface area contributed by atoms with Gasteiger partial charge < -0.3 is 24.8 Å². The van der Waals surface area contributed by atoms with Crippen LogP contribution in [0.5, 0.6) is 0 Å². The molecule has 7 nitrogen and oxygen atoms in total. The molecule has 1 atom stereocenters. The van der Waals surface area contributed by atoms with E-state index in [9.17, 15) is 4.79 Å². The lowest BCUT2D eigenvalue weighted by Gasteiger charge is -2.32. The Labute approximate surface area is 188 Å². The number of urea groups is 1. The SMILES string of the molecule is CC1CN(c2ccc(CNC(=O)N3CCC(c4c[nH]c5ccccc45)CC3)cn2)CCO1. The maximum atomic E-state index is 12.7. The highest BCUT2D eigenvalue weighted by molar-refractivity contribution is 5.83. The Morgan fingerprint density at radius 3 is 2.81 bits per heavy atom. The van der Waals surface area contributed by atoms with Crippen LogP contribution in [0.15, 0.2) is 48.8 Å². The van der Waals surface area contributed by atoms with Crippen LogP contribution in [-0.2, 0) is 11.3 Å². The second-order valence-electron chi connectivity index (χ2n) is 8.86. The van der Waals surface area contributed by atoms with Crippen LogP contribution in [-0.4, -0.2) is 59.8 Å². The summed E-state index contributed by atoms with van der Waals surface area (Å²) in [4.78, 5) is 24.8. The number of ether oxygens (including phenoxy) is 1. The number of aromatic nitrogens is 2. The number of carbonyl (C=O) groups is 1. The number of likely N-dealkylation sites (tertiary alicyclic amines) is 1. The zero-order chi connectivity index (χ0) is 21.9. The van der Waals surface area contributed by atoms with E-state index in [0.717, 1.165) is 57.0 Å². The number of H-pyrrole nitrogens is 1. The molecule has 2 aromatic heterocycles. The maximum Gasteiger partial charge on any atom is 0.317 e. The van der Waals surface area contributed by atoms with Crippen molar-refractivity contribution in [1.29, 1.82) is 0 Å². The molecular formula is C25H31N5O2. The summed E-state index contributed by atoms with van der Waals surface area (Å²) in [6.45, 7) is 6.59. The van der Waals surface area contributed by atoms with Crippen LogP contribution in [0.1, 0.15) is 36.8 Å². The van der Waals surface area contributed by atoms with Crippen LogP contribution in [0.3, 0.4) is 0 Å². The molecular weight excluding hydrogens is 402 g/mol. The molecule has 0 spiro atoms. The first kappa shape index (κ1) is 20.8. The van der Waals surface area contributed by atoms with Crippen molar-refractivity contribution in [2.24, 2.45) is 0 Å². The van der Waals surface area contributed by atoms with Crippen LogP contribution < -0.4 is 10.2 Å². The average Bonchev–Trinajstić information content (AvgIpc) is 3.27. The quantitative estimate of drug-likeness (QED) is 0.655. The second-order valence-corrected chi connectivity index (χ2v) is 8.86. The van der Waals surface area contributed by atoms with E-state index >= 15 is 0 Å². The molecule has 0 aliphatic carbocycles. The zero-order valence-electron chi connectivity index (χ0n) is 18.6. The van der Waals surface area contributed by atoms with Crippen LogP contribution in [0, 0.1) is 0 Å². The topological polar surface area (TPSA) is 73.5 Å². The van der Waals surface area contributed by atoms with Gasteiger partial charge in [0.05, 0.1) is 12.7 Å². The third kappa shape index (κ3) is 4.43. The van der Waals surface area contributed by atoms with Gasteiger partial charge in [-0.05, 0) is 48.9 Å². The number of carbonyl (C=O) groups excluding carboxylic acids is 1. The number of hydrogen-bond donors (Lipinski definition) is 2. The number of fused-ring (bicyclic) bond motifs is 1. The summed E-state index contributed by atoms with van der Waals surface area (Å²) in [5.74, 6) is 1.46. The Hall–Kier alpha value is -3.06. The Morgan fingerprint density at radius 2 is 2.03 bits per heavy atom. The fourth-order valence-corrected chi connectivity index (χ4v) is 4.85. The number of morpholine rings is 1. The molecule has 4 heterocycles. The minimum Gasteiger partial charge on any atom is -0.375 e. The second kappa shape index (κ2) is 9.20. The molecule has 2 fully saturated rings. The molecule has 2 aliphatic rings. The molecule has 2 amide bonds. The number of para-hydroxylation sites is 1. The summed E-state index contributed by atoms with van der Waals surface area (Å²) < 4.78 is 5.60. The van der Waals surface area contributed by atoms with Crippen molar-refractivity contribution in [3.63, 3.8) is 0 Å². The molecule has 0 saturated carbocycles. The number of hydrogen-bond acceptors (Lipinski definition) is 4. The van der Waals surface area contributed by atoms with E-state index in [1.165, 1.54) is 16.5 Å². The fourth-order valence-electron chi connectivity index (χ4n) is 4.85. The molecule has 2 saturated heterocycles. The number of amides is 2. The van der Waals surface area contributed by atoms with Gasteiger partial charge >= 0.3 is 6.03 Å². The van der Waals surface area contributed by atoms with Crippen LogP contribution in [0.25, 0.3) is 10.9 Å². The minimum absolute atomic E-state index is 0.00783. The molecule has 3 aromatic rings. The average molecular weight is 434 g/mol. The Kier molecular flexibility index (Phi) is 5.99. The largest absolute Gasteiger partial charge is 0.375 e. The highest BCUT2D eigenvalue weighted by Crippen LogP contribution is 2.33. The van der Waals surface area contributed by atoms with E-state index in [0.29, 0.717) is 12.5 Å². The fraction of sp³-hybridized carbons (Fsp3) is 0.440. The van der Waals surface area contributed by atoms with Crippen LogP contribution >= 0.6 is 0 Å². The summed E-state index contributed by atoms with van der Waals surface area (Å²) in [6.07, 6.45) is 6.20. The van der Waals surface area contributed by atoms with Gasteiger partial charge in [0.25, 0.3) is 0 Å². The third-order valence-electron chi connectivity index (χ3n) is 6.66. The maximum absolute atomic E-state index is 12.7. The van der Waals surface area contributed by atoms with Gasteiger partial charge in [-0.2, -0.15) is 0 Å². The van der Waals surface area contributed by atoms with Crippen molar-refractivity contribution in [3.8, 4) is 0 Å². The summed E-state index contributed by atoms with van der Waals surface area (Å²) in [6, 6.07) is 12.5. The smallest absolute Gasteiger partial charge is 0.317 e. The van der Waals surface area contributed by atoms with Crippen LogP contribution in [0.2, 0.25) is 0 Å². The monoisotopic (exact) mass is 433 g/mol. The van der Waals surface area contributed by atoms with E-state index < -0.39 is 0 Å². The molecule has 0 radical (unpaired) electrons. The molecule has 168 valence electrons. The number of rotatable bonds is 4. The van der Waals surface area contributed by atoms with Gasteiger partial charge in [-0.3, -0.25) is 0 Å². The van der Waals surface area contributed by atoms with Crippen molar-refractivity contribution < 1.29 is 9.53 Å². The van der Waals surface area contributed by atoms with Gasteiger partial charge in [0, 0.05) is 56.0 Å². The summed E-state index contributed by atoms with van der Waals surface area (Å²) >= 11 is 0. The summed E-state index contributed by atoms with van der Waals surface area (Å²) in [5.41, 5.74) is 3.57. The Balaban J connectivity index is 1.11. The number of aromatic amines is 1. The molecule has 5 rings (SSSR count). The molecule has 0 bridgehead atoms. The number of nitrogens with zero attached hydrogens (tertiary/aromatic N) is 3. The number of pyridine rings is 1. The zero-order valence-corrected chi connectivity index (χ0v) is 18.6. The third-order valence-corrected chi connectivity index (χ3v) is 6.66. The van der Waals surface area contributed by atoms with E-state index in [1.54, 1.807) is 0 Å². The molecule has 7 heteroatoms. The van der Waals surface area contributed by atoms with Crippen molar-refractivity contribution in [2.45, 2.75) is 38.3 Å². The summed E-state index contributed by atoms with van der Waals surface area (Å²) in [7, 11) is 0. The van der Waals surface area contributed by atoms with Gasteiger partial charge in [-0.25, -0.2) is 9.78 Å². The van der Waals surface area contributed by atoms with E-state index in [1.807, 2.05) is 23.2 Å². The van der Waals surface area contributed by atoms with Gasteiger partial charge in [0.2, 0.25) is 0 Å². The predicted octanol–water partition coefficient (Wildman–Crippen LogP) is 3.88. The summed E-state index contributed by atoms with van der Waals surface area (Å²) in [5, 5.41) is 4.36. The first-order chi connectivity index (χ1) is 15.7. The first-order valence-electron chi connectivity index (χ1n) is 11.6.